The number of rotatable bonds is 3. The highest BCUT2D eigenvalue weighted by molar-refractivity contribution is 5.76. The number of aliphatic hydroxyl groups is 1. The molecule has 4 aliphatic rings. The molecule has 0 bridgehead atoms. The molecule has 0 amide bonds. The summed E-state index contributed by atoms with van der Waals surface area (Å²) in [5.41, 5.74) is 0.200. The van der Waals surface area contributed by atoms with Crippen LogP contribution >= 0.6 is 0 Å². The number of carbonyl (C=O) groups is 1. The molecule has 4 fully saturated rings. The van der Waals surface area contributed by atoms with Gasteiger partial charge in [0.15, 0.2) is 0 Å². The average Bonchev–Trinajstić information content (AvgIpc) is 2.86. The first-order chi connectivity index (χ1) is 16.9. The molecule has 10 atom stereocenters. The maximum atomic E-state index is 12.7. The zero-order valence-corrected chi connectivity index (χ0v) is 24.6. The van der Waals surface area contributed by atoms with Crippen molar-refractivity contribution in [3.8, 4) is 12.8 Å². The van der Waals surface area contributed by atoms with Crippen molar-refractivity contribution < 1.29 is 20.0 Å². The van der Waals surface area contributed by atoms with Gasteiger partial charge in [0, 0.05) is 0 Å². The smallest absolute Gasteiger partial charge is 0.348 e. The van der Waals surface area contributed by atoms with Gasteiger partial charge >= 0.3 is 5.97 Å². The van der Waals surface area contributed by atoms with Crippen LogP contribution in [-0.4, -0.2) is 22.4 Å². The van der Waals surface area contributed by atoms with E-state index in [2.05, 4.69) is 66.2 Å². The Morgan fingerprint density at radius 3 is 2.06 bits per heavy atom. The van der Waals surface area contributed by atoms with E-state index < -0.39 is 11.4 Å². The lowest BCUT2D eigenvalue weighted by atomic mass is 9.33. The summed E-state index contributed by atoms with van der Waals surface area (Å²) < 4.78 is 0. The maximum absolute atomic E-state index is 12.7. The molecule has 2 N–H and O–H groups in total. The molecule has 4 heteroatoms. The van der Waals surface area contributed by atoms with Crippen LogP contribution in [0.2, 0.25) is 0 Å². The summed E-state index contributed by atoms with van der Waals surface area (Å²) in [5, 5.41) is 19.9. The molecule has 0 aliphatic heterocycles. The Morgan fingerprint density at radius 2 is 1.50 bits per heavy atom. The Kier molecular flexibility index (Phi) is 10.2. The van der Waals surface area contributed by atoms with E-state index in [-0.39, 0.29) is 22.9 Å². The second-order valence-corrected chi connectivity index (χ2v) is 13.6. The molecule has 4 rings (SSSR count). The molecule has 0 saturated heterocycles. The van der Waals surface area contributed by atoms with Gasteiger partial charge in [-0.25, -0.2) is 4.79 Å². The van der Waals surface area contributed by atoms with Crippen molar-refractivity contribution in [1.82, 2.24) is 0 Å². The van der Waals surface area contributed by atoms with Gasteiger partial charge in [0.05, 0.1) is 11.5 Å². The van der Waals surface area contributed by atoms with E-state index in [0.717, 1.165) is 38.5 Å². The van der Waals surface area contributed by atoms with E-state index in [4.69, 9.17) is 0 Å². The van der Waals surface area contributed by atoms with Gasteiger partial charge in [-0.15, -0.1) is 12.8 Å². The Balaban J connectivity index is 0.000000850. The van der Waals surface area contributed by atoms with Crippen LogP contribution in [0.3, 0.4) is 0 Å². The first-order valence-electron chi connectivity index (χ1n) is 14.8. The highest BCUT2D eigenvalue weighted by Gasteiger charge is 2.68. The quantitative estimate of drug-likeness (QED) is 0.231. The van der Waals surface area contributed by atoms with Crippen molar-refractivity contribution in [2.75, 3.05) is 0 Å². The van der Waals surface area contributed by atoms with Crippen molar-refractivity contribution >= 4 is 5.97 Å². The van der Waals surface area contributed by atoms with Crippen LogP contribution in [0.5, 0.6) is 0 Å². The summed E-state index contributed by atoms with van der Waals surface area (Å²) in [6.07, 6.45) is 20.0. The number of carbonyl (C=O) groups excluding carboxylic acids is 1. The summed E-state index contributed by atoms with van der Waals surface area (Å²) in [4.78, 5) is 17.1. The standard InChI is InChI=1S/C27H46O4.C3H8.C2H2/c1-7-8-19-20-9-10-22-24(3)13-12-21(28)17(2)18(24)11-14-27(22,6)26(20,5)16-15-25(19,4)23(29)31-30;1-3-2;1-2/h17-22,28,30H,7-16H2,1-6H3;3H2,1-2H3;1-2H/t17-,18?,19?,20?,21?,22?,24?,25+,26-,27-;;/m1../s1. The normalized spacial score (nSPS) is 47.3. The summed E-state index contributed by atoms with van der Waals surface area (Å²) in [6.45, 7) is 18.5. The summed E-state index contributed by atoms with van der Waals surface area (Å²) >= 11 is 0. The van der Waals surface area contributed by atoms with E-state index in [9.17, 15) is 15.2 Å². The number of hydrogen-bond donors (Lipinski definition) is 2. The highest BCUT2D eigenvalue weighted by Crippen LogP contribution is 2.74. The van der Waals surface area contributed by atoms with Gasteiger partial charge in [-0.05, 0) is 111 Å². The molecule has 36 heavy (non-hydrogen) atoms. The Hall–Kier alpha value is -1.05. The zero-order valence-electron chi connectivity index (χ0n) is 24.6. The first-order valence-corrected chi connectivity index (χ1v) is 14.8. The van der Waals surface area contributed by atoms with Crippen LogP contribution < -0.4 is 0 Å². The fourth-order valence-corrected chi connectivity index (χ4v) is 10.0. The third-order valence-electron chi connectivity index (χ3n) is 12.1. The topological polar surface area (TPSA) is 66.8 Å². The van der Waals surface area contributed by atoms with Gasteiger partial charge in [-0.3, -0.25) is 0 Å². The third kappa shape index (κ3) is 4.66. The molecule has 0 aromatic heterocycles. The second kappa shape index (κ2) is 11.8. The number of aliphatic hydroxyl groups excluding tert-OH is 1. The minimum atomic E-state index is -0.581. The Labute approximate surface area is 222 Å². The monoisotopic (exact) mass is 504 g/mol. The van der Waals surface area contributed by atoms with E-state index in [1.807, 2.05) is 6.92 Å². The van der Waals surface area contributed by atoms with Gasteiger partial charge in [0.25, 0.3) is 0 Å². The molecular formula is C32H56O4. The largest absolute Gasteiger partial charge is 0.393 e. The minimum Gasteiger partial charge on any atom is -0.393 e. The predicted octanol–water partition coefficient (Wildman–Crippen LogP) is 8.13. The average molecular weight is 505 g/mol. The van der Waals surface area contributed by atoms with Gasteiger partial charge in [-0.1, -0.05) is 61.3 Å². The SMILES string of the molecule is C#C.CCC.CCCC1C2CCC3C4(C)CCC(O)[C@H](C)C4CC[C@@]3(C)[C@]2(C)CC[C@]1(C)C(=O)OO. The highest BCUT2D eigenvalue weighted by atomic mass is 17.1. The van der Waals surface area contributed by atoms with Crippen LogP contribution in [0.1, 0.15) is 126 Å². The summed E-state index contributed by atoms with van der Waals surface area (Å²) in [5.74, 6) is 2.05. The molecule has 208 valence electrons. The fourth-order valence-electron chi connectivity index (χ4n) is 10.0. The van der Waals surface area contributed by atoms with Crippen molar-refractivity contribution in [3.05, 3.63) is 0 Å². The molecule has 4 saturated carbocycles. The molecule has 0 aromatic carbocycles. The maximum Gasteiger partial charge on any atom is 0.348 e. The van der Waals surface area contributed by atoms with Crippen molar-refractivity contribution in [3.63, 3.8) is 0 Å². The molecule has 0 aromatic rings. The van der Waals surface area contributed by atoms with E-state index in [0.29, 0.717) is 29.1 Å². The number of fused-ring (bicyclic) bond motifs is 5. The predicted molar refractivity (Wildman–Crippen MR) is 148 cm³/mol. The van der Waals surface area contributed by atoms with E-state index >= 15 is 0 Å². The number of terminal acetylenes is 1. The van der Waals surface area contributed by atoms with Crippen molar-refractivity contribution in [2.24, 2.45) is 51.2 Å². The van der Waals surface area contributed by atoms with Gasteiger partial charge in [0.1, 0.15) is 0 Å². The van der Waals surface area contributed by atoms with Gasteiger partial charge in [-0.2, -0.15) is 5.26 Å². The van der Waals surface area contributed by atoms with E-state index in [1.165, 1.54) is 32.1 Å². The van der Waals surface area contributed by atoms with Crippen molar-refractivity contribution in [2.45, 2.75) is 132 Å². The zero-order chi connectivity index (χ0) is 27.5. The van der Waals surface area contributed by atoms with Crippen LogP contribution in [0.25, 0.3) is 0 Å². The van der Waals surface area contributed by atoms with E-state index in [1.54, 1.807) is 0 Å². The lowest BCUT2D eigenvalue weighted by Gasteiger charge is -2.71. The van der Waals surface area contributed by atoms with Crippen LogP contribution in [0.15, 0.2) is 0 Å². The fraction of sp³-hybridized carbons (Fsp3) is 0.906. The first kappa shape index (κ1) is 31.2. The third-order valence-corrected chi connectivity index (χ3v) is 12.1. The van der Waals surface area contributed by atoms with Crippen LogP contribution in [-0.2, 0) is 9.68 Å². The molecule has 4 nitrogen and oxygen atoms in total. The summed E-state index contributed by atoms with van der Waals surface area (Å²) in [6, 6.07) is 0. The molecule has 0 radical (unpaired) electrons. The lowest BCUT2D eigenvalue weighted by molar-refractivity contribution is -0.265. The van der Waals surface area contributed by atoms with Crippen LogP contribution in [0, 0.1) is 64.1 Å². The molecule has 6 unspecified atom stereocenters. The summed E-state index contributed by atoms with van der Waals surface area (Å²) in [7, 11) is 0. The van der Waals surface area contributed by atoms with Gasteiger partial charge < -0.3 is 9.99 Å². The minimum absolute atomic E-state index is 0.136. The Morgan fingerprint density at radius 1 is 0.889 bits per heavy atom. The molecule has 0 heterocycles. The number of hydrogen-bond acceptors (Lipinski definition) is 4. The molecule has 4 aliphatic carbocycles. The Bertz CT molecular complexity index is 762. The second-order valence-electron chi connectivity index (χ2n) is 13.6. The van der Waals surface area contributed by atoms with Crippen molar-refractivity contribution in [1.29, 1.82) is 0 Å². The van der Waals surface area contributed by atoms with Gasteiger partial charge in [0.2, 0.25) is 0 Å². The molecular weight excluding hydrogens is 448 g/mol. The van der Waals surface area contributed by atoms with Crippen LogP contribution in [0.4, 0.5) is 0 Å². The molecule has 0 spiro atoms. The lowest BCUT2D eigenvalue weighted by Crippen LogP contribution is -2.65.